The molecule has 0 spiro atoms. The van der Waals surface area contributed by atoms with E-state index in [0.717, 1.165) is 17.8 Å². The van der Waals surface area contributed by atoms with Crippen molar-refractivity contribution in [1.82, 2.24) is 9.97 Å². The number of nitrogens with one attached hydrogen (secondary N) is 1. The molecule has 178 valence electrons. The number of benzene rings is 1. The lowest BCUT2D eigenvalue weighted by Gasteiger charge is -2.34. The number of carbonyl (C=O) groups is 1. The molecule has 4 rings (SSSR count). The van der Waals surface area contributed by atoms with Crippen LogP contribution in [0.3, 0.4) is 0 Å². The van der Waals surface area contributed by atoms with Crippen LogP contribution in [0.25, 0.3) is 0 Å². The van der Waals surface area contributed by atoms with Crippen LogP contribution < -0.4 is 15.8 Å². The quantitative estimate of drug-likeness (QED) is 0.597. The van der Waals surface area contributed by atoms with Crippen molar-refractivity contribution < 1.29 is 22.7 Å². The molecule has 1 aromatic carbocycles. The van der Waals surface area contributed by atoms with E-state index in [-0.39, 0.29) is 34.4 Å². The number of rotatable bonds is 6. The van der Waals surface area contributed by atoms with Gasteiger partial charge in [-0.05, 0) is 45.4 Å². The van der Waals surface area contributed by atoms with E-state index in [1.54, 1.807) is 20.8 Å². The van der Waals surface area contributed by atoms with Gasteiger partial charge in [0.05, 0.1) is 22.2 Å². The molecule has 1 aliphatic carbocycles. The summed E-state index contributed by atoms with van der Waals surface area (Å²) in [6.45, 7) is 4.84. The normalized spacial score (nSPS) is 26.2. The lowest BCUT2D eigenvalue weighted by atomic mass is 9.85. The summed E-state index contributed by atoms with van der Waals surface area (Å²) in [6, 6.07) is 3.92. The highest BCUT2D eigenvalue weighted by Gasteiger charge is 2.71. The summed E-state index contributed by atoms with van der Waals surface area (Å²) >= 11 is 0.843. The van der Waals surface area contributed by atoms with Crippen LogP contribution in [0, 0.1) is 31.0 Å². The van der Waals surface area contributed by atoms with E-state index in [0.29, 0.717) is 5.69 Å². The fourth-order valence-corrected chi connectivity index (χ4v) is 5.58. The van der Waals surface area contributed by atoms with E-state index in [9.17, 15) is 18.0 Å². The first-order chi connectivity index (χ1) is 16.0. The molecule has 2 heterocycles. The van der Waals surface area contributed by atoms with Crippen LogP contribution in [0.1, 0.15) is 42.0 Å². The second kappa shape index (κ2) is 8.51. The van der Waals surface area contributed by atoms with Crippen LogP contribution in [-0.4, -0.2) is 38.3 Å². The monoisotopic (exact) mass is 489 g/mol. The minimum atomic E-state index is -2.63. The van der Waals surface area contributed by atoms with Crippen LogP contribution in [0.2, 0.25) is 0 Å². The Morgan fingerprint density at radius 1 is 1.44 bits per heavy atom. The van der Waals surface area contributed by atoms with Crippen molar-refractivity contribution in [2.75, 3.05) is 5.32 Å². The zero-order chi connectivity index (χ0) is 24.8. The Hall–Kier alpha value is -3.26. The summed E-state index contributed by atoms with van der Waals surface area (Å²) in [7, 11) is 0. The SMILES string of the molecule is C#C[C@H](C)Oc1cnc(C(=O)Nc2ccc(F)c([C@@]3(C)N=C(N)S[C@@]4(C(F)F)CC43)c2)c(C)n1. The van der Waals surface area contributed by atoms with Gasteiger partial charge in [0.1, 0.15) is 11.5 Å². The molecule has 34 heavy (non-hydrogen) atoms. The van der Waals surface area contributed by atoms with Crippen molar-refractivity contribution in [1.29, 1.82) is 0 Å². The zero-order valence-electron chi connectivity index (χ0n) is 18.6. The third-order valence-corrected chi connectivity index (χ3v) is 7.39. The number of nitrogens with zero attached hydrogens (tertiary/aromatic N) is 3. The lowest BCUT2D eigenvalue weighted by molar-refractivity contribution is 0.102. The number of aryl methyl sites for hydroxylation is 1. The Labute approximate surface area is 198 Å². The molecule has 4 atom stereocenters. The van der Waals surface area contributed by atoms with Crippen LogP contribution >= 0.6 is 11.8 Å². The number of hydrogen-bond donors (Lipinski definition) is 2. The number of amidine groups is 1. The van der Waals surface area contributed by atoms with Gasteiger partial charge in [0.25, 0.3) is 12.3 Å². The maximum absolute atomic E-state index is 14.9. The molecule has 1 saturated carbocycles. The fourth-order valence-electron chi connectivity index (χ4n) is 4.24. The van der Waals surface area contributed by atoms with E-state index < -0.39 is 40.5 Å². The van der Waals surface area contributed by atoms with Crippen molar-refractivity contribution in [3.05, 3.63) is 47.2 Å². The average molecular weight is 490 g/mol. The highest BCUT2D eigenvalue weighted by Crippen LogP contribution is 2.68. The van der Waals surface area contributed by atoms with Gasteiger partial charge >= 0.3 is 0 Å². The predicted octanol–water partition coefficient (Wildman–Crippen LogP) is 3.88. The van der Waals surface area contributed by atoms with Gasteiger partial charge in [-0.2, -0.15) is 0 Å². The summed E-state index contributed by atoms with van der Waals surface area (Å²) in [4.78, 5) is 25.4. The Kier molecular flexibility index (Phi) is 5.97. The minimum absolute atomic E-state index is 0.0160. The number of amides is 1. The number of hydrogen-bond acceptors (Lipinski definition) is 7. The van der Waals surface area contributed by atoms with Crippen LogP contribution in [0.5, 0.6) is 5.88 Å². The Morgan fingerprint density at radius 2 is 2.18 bits per heavy atom. The number of fused-ring (bicyclic) bond motifs is 1. The summed E-state index contributed by atoms with van der Waals surface area (Å²) in [5.41, 5.74) is 5.22. The number of nitrogens with two attached hydrogens (primary N) is 1. The molecule has 0 bridgehead atoms. The number of ether oxygens (including phenoxy) is 1. The summed E-state index contributed by atoms with van der Waals surface area (Å²) in [5, 5.41) is 2.64. The van der Waals surface area contributed by atoms with Crippen LogP contribution in [0.15, 0.2) is 29.4 Å². The van der Waals surface area contributed by atoms with E-state index in [1.807, 2.05) is 0 Å². The van der Waals surface area contributed by atoms with Gasteiger partial charge in [0.15, 0.2) is 11.3 Å². The molecule has 0 radical (unpaired) electrons. The third-order valence-electron chi connectivity index (χ3n) is 6.08. The second-order valence-electron chi connectivity index (χ2n) is 8.43. The van der Waals surface area contributed by atoms with E-state index in [2.05, 4.69) is 26.2 Å². The molecule has 1 fully saturated rings. The van der Waals surface area contributed by atoms with Gasteiger partial charge in [-0.3, -0.25) is 9.79 Å². The van der Waals surface area contributed by atoms with Gasteiger partial charge in [0.2, 0.25) is 5.88 Å². The first-order valence-electron chi connectivity index (χ1n) is 10.4. The van der Waals surface area contributed by atoms with E-state index >= 15 is 0 Å². The molecule has 1 unspecified atom stereocenters. The second-order valence-corrected chi connectivity index (χ2v) is 9.81. The molecular weight excluding hydrogens is 467 g/mol. The number of halogens is 3. The molecule has 1 aromatic heterocycles. The molecule has 1 amide bonds. The molecular formula is C23H22F3N5O2S. The minimum Gasteiger partial charge on any atom is -0.460 e. The summed E-state index contributed by atoms with van der Waals surface area (Å²) in [6.07, 6.45) is 3.58. The number of thioether (sulfide) groups is 1. The average Bonchev–Trinajstić information content (AvgIpc) is 3.52. The largest absolute Gasteiger partial charge is 0.460 e. The van der Waals surface area contributed by atoms with E-state index in [4.69, 9.17) is 16.9 Å². The number of terminal acetylenes is 1. The fraction of sp³-hybridized carbons (Fsp3) is 0.391. The van der Waals surface area contributed by atoms with Gasteiger partial charge in [-0.1, -0.05) is 17.7 Å². The maximum atomic E-state index is 14.9. The van der Waals surface area contributed by atoms with Gasteiger partial charge in [-0.15, -0.1) is 6.42 Å². The summed E-state index contributed by atoms with van der Waals surface area (Å²) in [5.74, 6) is 0.772. The number of aliphatic imine (C=N–C) groups is 1. The highest BCUT2D eigenvalue weighted by molar-refractivity contribution is 8.15. The predicted molar refractivity (Wildman–Crippen MR) is 123 cm³/mol. The highest BCUT2D eigenvalue weighted by atomic mass is 32.2. The molecule has 2 aromatic rings. The van der Waals surface area contributed by atoms with Crippen molar-refractivity contribution in [2.45, 2.75) is 50.0 Å². The molecule has 11 heteroatoms. The number of alkyl halides is 2. The molecule has 1 aliphatic heterocycles. The first-order valence-corrected chi connectivity index (χ1v) is 11.2. The van der Waals surface area contributed by atoms with Crippen molar-refractivity contribution in [3.63, 3.8) is 0 Å². The van der Waals surface area contributed by atoms with Crippen LogP contribution in [0.4, 0.5) is 18.9 Å². The number of anilines is 1. The standard InChI is InChI=1S/C23H22F3N5O2S/c1-5-11(2)33-17-10-28-18(12(3)29-17)19(32)30-13-6-7-15(24)14(8-13)22(4)16-9-23(16,20(25)26)34-21(27)31-22/h1,6-8,10-11,16,20H,9H2,2-4H3,(H2,27,31)(H,30,32)/t11-,16?,22+,23-/m0/s1. The van der Waals surface area contributed by atoms with Crippen molar-refractivity contribution in [2.24, 2.45) is 16.6 Å². The maximum Gasteiger partial charge on any atom is 0.276 e. The molecule has 7 nitrogen and oxygen atoms in total. The van der Waals surface area contributed by atoms with Gasteiger partial charge < -0.3 is 15.8 Å². The Balaban J connectivity index is 1.60. The van der Waals surface area contributed by atoms with Crippen LogP contribution in [-0.2, 0) is 5.54 Å². The van der Waals surface area contributed by atoms with Crippen molar-refractivity contribution in [3.8, 4) is 18.2 Å². The third kappa shape index (κ3) is 4.07. The molecule has 3 N–H and O–H groups in total. The zero-order valence-corrected chi connectivity index (χ0v) is 19.4. The van der Waals surface area contributed by atoms with E-state index in [1.165, 1.54) is 18.3 Å². The number of aromatic nitrogens is 2. The molecule has 0 saturated heterocycles. The smallest absolute Gasteiger partial charge is 0.276 e. The topological polar surface area (TPSA) is 102 Å². The lowest BCUT2D eigenvalue weighted by Crippen LogP contribution is -2.38. The summed E-state index contributed by atoms with van der Waals surface area (Å²) < 4.78 is 46.4. The van der Waals surface area contributed by atoms with Gasteiger partial charge in [0, 0.05) is 17.2 Å². The van der Waals surface area contributed by atoms with Crippen molar-refractivity contribution >= 4 is 28.5 Å². The molecule has 2 aliphatic rings. The first kappa shape index (κ1) is 23.9. The Bertz CT molecular complexity index is 1230. The van der Waals surface area contributed by atoms with Gasteiger partial charge in [-0.25, -0.2) is 23.1 Å². The number of carbonyl (C=O) groups excluding carboxylic acids is 1. The Morgan fingerprint density at radius 3 is 2.82 bits per heavy atom.